The van der Waals surface area contributed by atoms with Gasteiger partial charge >= 0.3 is 11.9 Å². The molecule has 0 aromatic heterocycles. The van der Waals surface area contributed by atoms with Crippen molar-refractivity contribution in [2.75, 3.05) is 6.61 Å². The quantitative estimate of drug-likeness (QED) is 0.240. The highest BCUT2D eigenvalue weighted by molar-refractivity contribution is 5.79. The average molecular weight is 363 g/mol. The fraction of sp³-hybridized carbons (Fsp3) is 0.636. The lowest BCUT2D eigenvalue weighted by atomic mass is 10.1. The maximum absolute atomic E-state index is 11.8. The van der Waals surface area contributed by atoms with E-state index in [1.807, 2.05) is 25.1 Å². The second kappa shape index (κ2) is 14.3. The fourth-order valence-corrected chi connectivity index (χ4v) is 2.72. The third kappa shape index (κ3) is 10.9. The van der Waals surface area contributed by atoms with Crippen molar-refractivity contribution >= 4 is 11.9 Å². The van der Waals surface area contributed by atoms with E-state index < -0.39 is 5.97 Å². The first-order valence-electron chi connectivity index (χ1n) is 10.1. The van der Waals surface area contributed by atoms with Crippen LogP contribution in [0.25, 0.3) is 0 Å². The summed E-state index contributed by atoms with van der Waals surface area (Å²) in [6.07, 6.45) is 11.2. The maximum atomic E-state index is 11.8. The lowest BCUT2D eigenvalue weighted by Gasteiger charge is -2.07. The topological polar surface area (TPSA) is 52.6 Å². The average Bonchev–Trinajstić information content (AvgIpc) is 2.63. The van der Waals surface area contributed by atoms with Crippen molar-refractivity contribution < 1.29 is 19.1 Å². The molecular formula is C22H34O4. The highest BCUT2D eigenvalue weighted by Crippen LogP contribution is 2.17. The van der Waals surface area contributed by atoms with E-state index >= 15 is 0 Å². The highest BCUT2D eigenvalue weighted by atomic mass is 16.5. The first kappa shape index (κ1) is 22.2. The SMILES string of the molecule is CCCCCCCCCCCOC(=O)CCC(=O)Oc1ccccc1C. The van der Waals surface area contributed by atoms with Crippen LogP contribution in [0.15, 0.2) is 24.3 Å². The summed E-state index contributed by atoms with van der Waals surface area (Å²) in [5, 5.41) is 0. The number of aryl methyl sites for hydroxylation is 1. The van der Waals surface area contributed by atoms with Gasteiger partial charge in [0, 0.05) is 0 Å². The van der Waals surface area contributed by atoms with Gasteiger partial charge in [-0.25, -0.2) is 0 Å². The van der Waals surface area contributed by atoms with E-state index in [2.05, 4.69) is 6.92 Å². The molecule has 0 spiro atoms. The van der Waals surface area contributed by atoms with Crippen LogP contribution in [0.3, 0.4) is 0 Å². The van der Waals surface area contributed by atoms with E-state index in [-0.39, 0.29) is 18.8 Å². The van der Waals surface area contributed by atoms with Crippen molar-refractivity contribution in [2.24, 2.45) is 0 Å². The molecule has 0 N–H and O–H groups in total. The Morgan fingerprint density at radius 2 is 1.38 bits per heavy atom. The van der Waals surface area contributed by atoms with Gasteiger partial charge in [-0.1, -0.05) is 76.5 Å². The van der Waals surface area contributed by atoms with Crippen LogP contribution in [-0.4, -0.2) is 18.5 Å². The summed E-state index contributed by atoms with van der Waals surface area (Å²) >= 11 is 0. The largest absolute Gasteiger partial charge is 0.466 e. The third-order valence-corrected chi connectivity index (χ3v) is 4.36. The number of unbranched alkanes of at least 4 members (excludes halogenated alkanes) is 8. The van der Waals surface area contributed by atoms with E-state index in [1.54, 1.807) is 6.07 Å². The molecule has 0 aliphatic heterocycles. The van der Waals surface area contributed by atoms with Crippen LogP contribution in [0.5, 0.6) is 5.75 Å². The van der Waals surface area contributed by atoms with Crippen molar-refractivity contribution in [3.63, 3.8) is 0 Å². The third-order valence-electron chi connectivity index (χ3n) is 4.36. The van der Waals surface area contributed by atoms with E-state index in [4.69, 9.17) is 9.47 Å². The number of ether oxygens (including phenoxy) is 2. The smallest absolute Gasteiger partial charge is 0.311 e. The zero-order chi connectivity index (χ0) is 19.0. The Balaban J connectivity index is 1.98. The number of esters is 2. The molecule has 1 aromatic carbocycles. The zero-order valence-electron chi connectivity index (χ0n) is 16.4. The minimum atomic E-state index is -0.403. The maximum Gasteiger partial charge on any atom is 0.311 e. The Morgan fingerprint density at radius 3 is 2.04 bits per heavy atom. The summed E-state index contributed by atoms with van der Waals surface area (Å²) in [5.41, 5.74) is 0.897. The van der Waals surface area contributed by atoms with Crippen LogP contribution in [0.1, 0.15) is 83.1 Å². The summed E-state index contributed by atoms with van der Waals surface area (Å²) in [6.45, 7) is 4.55. The Labute approximate surface area is 158 Å². The summed E-state index contributed by atoms with van der Waals surface area (Å²) in [4.78, 5) is 23.5. The van der Waals surface area contributed by atoms with Gasteiger partial charge in [0.1, 0.15) is 5.75 Å². The van der Waals surface area contributed by atoms with Crippen LogP contribution in [-0.2, 0) is 14.3 Å². The summed E-state index contributed by atoms with van der Waals surface area (Å²) < 4.78 is 10.4. The van der Waals surface area contributed by atoms with Gasteiger partial charge in [0.2, 0.25) is 0 Å². The number of hydrogen-bond acceptors (Lipinski definition) is 4. The minimum Gasteiger partial charge on any atom is -0.466 e. The van der Waals surface area contributed by atoms with E-state index in [0.717, 1.165) is 18.4 Å². The van der Waals surface area contributed by atoms with Gasteiger partial charge in [-0.2, -0.15) is 0 Å². The molecule has 4 heteroatoms. The molecule has 0 aliphatic carbocycles. The molecule has 0 heterocycles. The van der Waals surface area contributed by atoms with Crippen molar-refractivity contribution in [3.8, 4) is 5.75 Å². The van der Waals surface area contributed by atoms with Crippen LogP contribution in [0, 0.1) is 6.92 Å². The second-order valence-electron chi connectivity index (χ2n) is 6.79. The van der Waals surface area contributed by atoms with Crippen molar-refractivity contribution in [2.45, 2.75) is 84.5 Å². The van der Waals surface area contributed by atoms with Crippen LogP contribution >= 0.6 is 0 Å². The Morgan fingerprint density at radius 1 is 0.808 bits per heavy atom. The Hall–Kier alpha value is -1.84. The molecule has 26 heavy (non-hydrogen) atoms. The number of rotatable bonds is 14. The monoisotopic (exact) mass is 362 g/mol. The molecule has 4 nitrogen and oxygen atoms in total. The Bertz CT molecular complexity index is 525. The van der Waals surface area contributed by atoms with Crippen molar-refractivity contribution in [1.29, 1.82) is 0 Å². The highest BCUT2D eigenvalue weighted by Gasteiger charge is 2.11. The molecule has 0 atom stereocenters. The van der Waals surface area contributed by atoms with Gasteiger partial charge in [-0.15, -0.1) is 0 Å². The van der Waals surface area contributed by atoms with Gasteiger partial charge in [-0.3, -0.25) is 9.59 Å². The second-order valence-corrected chi connectivity index (χ2v) is 6.79. The molecule has 0 aliphatic rings. The zero-order valence-corrected chi connectivity index (χ0v) is 16.4. The molecule has 0 saturated heterocycles. The number of hydrogen-bond donors (Lipinski definition) is 0. The van der Waals surface area contributed by atoms with Crippen molar-refractivity contribution in [3.05, 3.63) is 29.8 Å². The number of carbonyl (C=O) groups is 2. The first-order valence-corrected chi connectivity index (χ1v) is 10.1. The first-order chi connectivity index (χ1) is 12.6. The van der Waals surface area contributed by atoms with Crippen LogP contribution in [0.4, 0.5) is 0 Å². The number of carbonyl (C=O) groups excluding carboxylic acids is 2. The number of benzene rings is 1. The molecule has 0 saturated carbocycles. The van der Waals surface area contributed by atoms with Gasteiger partial charge in [-0.05, 0) is 25.0 Å². The van der Waals surface area contributed by atoms with Crippen LogP contribution in [0.2, 0.25) is 0 Å². The minimum absolute atomic E-state index is 0.0466. The fourth-order valence-electron chi connectivity index (χ4n) is 2.72. The van der Waals surface area contributed by atoms with E-state index in [1.165, 1.54) is 44.9 Å². The molecule has 146 valence electrons. The summed E-state index contributed by atoms with van der Waals surface area (Å²) in [6, 6.07) is 7.32. The number of para-hydroxylation sites is 1. The molecule has 0 fully saturated rings. The van der Waals surface area contributed by atoms with Crippen molar-refractivity contribution in [1.82, 2.24) is 0 Å². The standard InChI is InChI=1S/C22H34O4/c1-3-4-5-6-7-8-9-10-13-18-25-21(23)16-17-22(24)26-20-15-12-11-14-19(20)2/h11-12,14-15H,3-10,13,16-18H2,1-2H3. The summed E-state index contributed by atoms with van der Waals surface area (Å²) in [7, 11) is 0. The predicted octanol–water partition coefficient (Wildman–Crippen LogP) is 5.75. The molecule has 1 aromatic rings. The van der Waals surface area contributed by atoms with Gasteiger partial charge in [0.15, 0.2) is 0 Å². The summed E-state index contributed by atoms with van der Waals surface area (Å²) in [5.74, 6) is -0.189. The molecule has 1 rings (SSSR count). The molecular weight excluding hydrogens is 328 g/mol. The molecule has 0 bridgehead atoms. The van der Waals surface area contributed by atoms with Gasteiger partial charge < -0.3 is 9.47 Å². The van der Waals surface area contributed by atoms with Crippen LogP contribution < -0.4 is 4.74 Å². The van der Waals surface area contributed by atoms with E-state index in [9.17, 15) is 9.59 Å². The molecule has 0 amide bonds. The lowest BCUT2D eigenvalue weighted by Crippen LogP contribution is -2.13. The normalized spacial score (nSPS) is 10.5. The lowest BCUT2D eigenvalue weighted by molar-refractivity contribution is -0.147. The Kier molecular flexibility index (Phi) is 12.2. The molecule has 0 unspecified atom stereocenters. The van der Waals surface area contributed by atoms with E-state index in [0.29, 0.717) is 12.4 Å². The molecule has 0 radical (unpaired) electrons. The van der Waals surface area contributed by atoms with Gasteiger partial charge in [0.05, 0.1) is 19.4 Å². The predicted molar refractivity (Wildman–Crippen MR) is 104 cm³/mol. The van der Waals surface area contributed by atoms with Gasteiger partial charge in [0.25, 0.3) is 0 Å².